The summed E-state index contributed by atoms with van der Waals surface area (Å²) in [5.41, 5.74) is 1.68. The lowest BCUT2D eigenvalue weighted by molar-refractivity contribution is 0.626. The molecule has 0 spiro atoms. The van der Waals surface area contributed by atoms with Crippen molar-refractivity contribution in [3.05, 3.63) is 41.5 Å². The highest BCUT2D eigenvalue weighted by atomic mass is 19.1. The highest BCUT2D eigenvalue weighted by Gasteiger charge is 2.19. The predicted molar refractivity (Wildman–Crippen MR) is 79.9 cm³/mol. The molecule has 1 heterocycles. The van der Waals surface area contributed by atoms with Crippen LogP contribution in [0.3, 0.4) is 0 Å². The number of hydrogen-bond donors (Lipinski definition) is 0. The first-order valence-electron chi connectivity index (χ1n) is 7.33. The Labute approximate surface area is 119 Å². The molecule has 0 N–H and O–H groups in total. The third-order valence-electron chi connectivity index (χ3n) is 3.80. The van der Waals surface area contributed by atoms with E-state index in [2.05, 4.69) is 23.7 Å². The van der Waals surface area contributed by atoms with E-state index in [1.807, 2.05) is 12.3 Å². The van der Waals surface area contributed by atoms with Gasteiger partial charge in [0.25, 0.3) is 0 Å². The molecule has 0 saturated heterocycles. The van der Waals surface area contributed by atoms with Crippen LogP contribution in [-0.2, 0) is 6.42 Å². The fourth-order valence-electron chi connectivity index (χ4n) is 2.48. The van der Waals surface area contributed by atoms with Crippen LogP contribution >= 0.6 is 0 Å². The molecule has 20 heavy (non-hydrogen) atoms. The van der Waals surface area contributed by atoms with Gasteiger partial charge in [-0.05, 0) is 42.2 Å². The van der Waals surface area contributed by atoms with Crippen molar-refractivity contribution in [1.29, 1.82) is 0 Å². The highest BCUT2D eigenvalue weighted by Crippen LogP contribution is 2.32. The van der Waals surface area contributed by atoms with Gasteiger partial charge in [0.15, 0.2) is 0 Å². The molecule has 0 bridgehead atoms. The number of halogens is 1. The Morgan fingerprint density at radius 1 is 1.25 bits per heavy atom. The van der Waals surface area contributed by atoms with Crippen LogP contribution < -0.4 is 0 Å². The Morgan fingerprint density at radius 3 is 2.85 bits per heavy atom. The molecule has 1 aliphatic rings. The van der Waals surface area contributed by atoms with Crippen molar-refractivity contribution in [1.82, 2.24) is 4.98 Å². The Hall–Kier alpha value is -1.88. The Kier molecular flexibility index (Phi) is 3.69. The standard InChI is InChI=1S/C18H18FN/c1-2-4-14-11-20-12-17-15(14)9-10-18(19)16(17)6-3-5-13-7-8-13/h9-13H,2,4-5,7-8H2,1H3. The molecule has 0 amide bonds. The molecule has 1 nitrogen and oxygen atoms in total. The summed E-state index contributed by atoms with van der Waals surface area (Å²) >= 11 is 0. The number of rotatable bonds is 3. The van der Waals surface area contributed by atoms with Crippen LogP contribution in [0.5, 0.6) is 0 Å². The first-order valence-corrected chi connectivity index (χ1v) is 7.33. The van der Waals surface area contributed by atoms with Crippen LogP contribution in [0.25, 0.3) is 10.8 Å². The van der Waals surface area contributed by atoms with Gasteiger partial charge in [-0.3, -0.25) is 4.98 Å². The molecule has 0 radical (unpaired) electrons. The molecule has 1 aliphatic carbocycles. The number of aryl methyl sites for hydroxylation is 1. The minimum atomic E-state index is -0.240. The molecular weight excluding hydrogens is 249 g/mol. The number of nitrogens with zero attached hydrogens (tertiary/aromatic N) is 1. The molecule has 102 valence electrons. The van der Waals surface area contributed by atoms with Gasteiger partial charge in [0.2, 0.25) is 0 Å². The minimum absolute atomic E-state index is 0.240. The molecule has 0 atom stereocenters. The van der Waals surface area contributed by atoms with Gasteiger partial charge < -0.3 is 0 Å². The number of aromatic nitrogens is 1. The van der Waals surface area contributed by atoms with Crippen LogP contribution in [0.4, 0.5) is 4.39 Å². The molecule has 1 fully saturated rings. The lowest BCUT2D eigenvalue weighted by atomic mass is 10.00. The fraction of sp³-hybridized carbons (Fsp3) is 0.389. The average Bonchev–Trinajstić information content (AvgIpc) is 3.26. The molecular formula is C18H18FN. The number of benzene rings is 1. The summed E-state index contributed by atoms with van der Waals surface area (Å²) in [4.78, 5) is 4.25. The Bertz CT molecular complexity index is 690. The van der Waals surface area contributed by atoms with Crippen molar-refractivity contribution < 1.29 is 4.39 Å². The summed E-state index contributed by atoms with van der Waals surface area (Å²) < 4.78 is 14.0. The molecule has 1 aromatic heterocycles. The maximum absolute atomic E-state index is 14.0. The van der Waals surface area contributed by atoms with E-state index >= 15 is 0 Å². The molecule has 0 aliphatic heterocycles. The fourth-order valence-corrected chi connectivity index (χ4v) is 2.48. The van der Waals surface area contributed by atoms with Gasteiger partial charge >= 0.3 is 0 Å². The van der Waals surface area contributed by atoms with Crippen LogP contribution in [0, 0.1) is 23.6 Å². The topological polar surface area (TPSA) is 12.9 Å². The van der Waals surface area contributed by atoms with Gasteiger partial charge in [-0.2, -0.15) is 0 Å². The smallest absolute Gasteiger partial charge is 0.139 e. The molecule has 2 aromatic rings. The second-order valence-electron chi connectivity index (χ2n) is 5.52. The first kappa shape index (κ1) is 13.1. The summed E-state index contributed by atoms with van der Waals surface area (Å²) in [5.74, 6) is 6.67. The second kappa shape index (κ2) is 5.63. The lowest BCUT2D eigenvalue weighted by Gasteiger charge is -2.07. The van der Waals surface area contributed by atoms with E-state index in [0.29, 0.717) is 5.56 Å². The van der Waals surface area contributed by atoms with Crippen molar-refractivity contribution in [2.75, 3.05) is 0 Å². The van der Waals surface area contributed by atoms with Gasteiger partial charge in [-0.15, -0.1) is 0 Å². The molecule has 3 rings (SSSR count). The van der Waals surface area contributed by atoms with Gasteiger partial charge in [-0.25, -0.2) is 4.39 Å². The normalized spacial score (nSPS) is 14.1. The monoisotopic (exact) mass is 267 g/mol. The zero-order chi connectivity index (χ0) is 13.9. The van der Waals surface area contributed by atoms with Gasteiger partial charge in [0.05, 0.1) is 5.56 Å². The number of fused-ring (bicyclic) bond motifs is 1. The maximum atomic E-state index is 14.0. The zero-order valence-corrected chi connectivity index (χ0v) is 11.7. The first-order chi connectivity index (χ1) is 9.79. The number of pyridine rings is 1. The summed E-state index contributed by atoms with van der Waals surface area (Å²) in [5, 5.41) is 1.93. The third kappa shape index (κ3) is 2.67. The molecule has 0 unspecified atom stereocenters. The van der Waals surface area contributed by atoms with Crippen LogP contribution in [-0.4, -0.2) is 4.98 Å². The van der Waals surface area contributed by atoms with Crippen LogP contribution in [0.15, 0.2) is 24.5 Å². The number of hydrogen-bond acceptors (Lipinski definition) is 1. The van der Waals surface area contributed by atoms with Crippen molar-refractivity contribution in [3.8, 4) is 11.8 Å². The van der Waals surface area contributed by atoms with E-state index in [9.17, 15) is 4.39 Å². The highest BCUT2D eigenvalue weighted by molar-refractivity contribution is 5.90. The van der Waals surface area contributed by atoms with Gasteiger partial charge in [0.1, 0.15) is 5.82 Å². The maximum Gasteiger partial charge on any atom is 0.139 e. The average molecular weight is 267 g/mol. The van der Waals surface area contributed by atoms with E-state index in [-0.39, 0.29) is 5.82 Å². The lowest BCUT2D eigenvalue weighted by Crippen LogP contribution is -1.93. The van der Waals surface area contributed by atoms with Gasteiger partial charge in [-0.1, -0.05) is 31.3 Å². The molecule has 1 aromatic carbocycles. The van der Waals surface area contributed by atoms with E-state index < -0.39 is 0 Å². The SMILES string of the molecule is CCCc1cncc2c(C#CCC3CC3)c(F)ccc12. The van der Waals surface area contributed by atoms with E-state index in [1.54, 1.807) is 6.20 Å². The minimum Gasteiger partial charge on any atom is -0.264 e. The largest absolute Gasteiger partial charge is 0.264 e. The van der Waals surface area contributed by atoms with E-state index in [0.717, 1.165) is 36.0 Å². The predicted octanol–water partition coefficient (Wildman–Crippen LogP) is 4.48. The summed E-state index contributed by atoms with van der Waals surface area (Å²) in [6.07, 6.45) is 9.07. The van der Waals surface area contributed by atoms with Crippen molar-refractivity contribution in [2.45, 2.75) is 39.0 Å². The molecule has 2 heteroatoms. The van der Waals surface area contributed by atoms with Crippen LogP contribution in [0.1, 0.15) is 43.7 Å². The zero-order valence-electron chi connectivity index (χ0n) is 11.7. The van der Waals surface area contributed by atoms with Gasteiger partial charge in [0, 0.05) is 24.2 Å². The third-order valence-corrected chi connectivity index (χ3v) is 3.80. The summed E-state index contributed by atoms with van der Waals surface area (Å²) in [6, 6.07) is 3.38. The Balaban J connectivity index is 2.06. The summed E-state index contributed by atoms with van der Waals surface area (Å²) in [6.45, 7) is 2.14. The Morgan fingerprint density at radius 2 is 2.10 bits per heavy atom. The van der Waals surface area contributed by atoms with E-state index in [4.69, 9.17) is 0 Å². The van der Waals surface area contributed by atoms with Crippen molar-refractivity contribution in [3.63, 3.8) is 0 Å². The quantitative estimate of drug-likeness (QED) is 0.747. The van der Waals surface area contributed by atoms with Crippen LogP contribution in [0.2, 0.25) is 0 Å². The second-order valence-corrected chi connectivity index (χ2v) is 5.52. The summed E-state index contributed by atoms with van der Waals surface area (Å²) in [7, 11) is 0. The van der Waals surface area contributed by atoms with Crippen molar-refractivity contribution >= 4 is 10.8 Å². The molecule has 1 saturated carbocycles. The van der Waals surface area contributed by atoms with E-state index in [1.165, 1.54) is 24.5 Å². The van der Waals surface area contributed by atoms with Crippen molar-refractivity contribution in [2.24, 2.45) is 5.92 Å².